The molecule has 5 nitrogen and oxygen atoms in total. The van der Waals surface area contributed by atoms with E-state index >= 15 is 0 Å². The smallest absolute Gasteiger partial charge is 0.307 e. The number of methoxy groups -OCH3 is 1. The lowest BCUT2D eigenvalue weighted by atomic mass is 10.1. The lowest BCUT2D eigenvalue weighted by Crippen LogP contribution is -2.38. The highest BCUT2D eigenvalue weighted by atomic mass is 16.5. The van der Waals surface area contributed by atoms with Gasteiger partial charge in [0.25, 0.3) is 5.91 Å². The van der Waals surface area contributed by atoms with Crippen LogP contribution in [0, 0.1) is 0 Å². The van der Waals surface area contributed by atoms with Gasteiger partial charge in [0.15, 0.2) is 0 Å². The predicted molar refractivity (Wildman–Crippen MR) is 80.4 cm³/mol. The van der Waals surface area contributed by atoms with Crippen molar-refractivity contribution in [1.29, 1.82) is 0 Å². The summed E-state index contributed by atoms with van der Waals surface area (Å²) in [6, 6.07) is 7.00. The van der Waals surface area contributed by atoms with E-state index in [-0.39, 0.29) is 24.3 Å². The molecule has 0 atom stereocenters. The van der Waals surface area contributed by atoms with Crippen LogP contribution in [0.15, 0.2) is 24.3 Å². The predicted octanol–water partition coefficient (Wildman–Crippen LogP) is 2.50. The Morgan fingerprint density at radius 2 is 2.00 bits per heavy atom. The first-order valence-corrected chi connectivity index (χ1v) is 7.10. The number of hydrogen-bond acceptors (Lipinski definition) is 4. The van der Waals surface area contributed by atoms with E-state index in [9.17, 15) is 9.59 Å². The molecule has 1 aromatic rings. The number of carbonyl (C=O) groups is 2. The highest BCUT2D eigenvalue weighted by Gasteiger charge is 2.20. The van der Waals surface area contributed by atoms with E-state index in [0.29, 0.717) is 24.5 Å². The number of carbonyl (C=O) groups excluding carboxylic acids is 2. The number of amides is 1. The molecule has 0 unspecified atom stereocenters. The number of hydrogen-bond donors (Lipinski definition) is 0. The van der Waals surface area contributed by atoms with Gasteiger partial charge in [-0.05, 0) is 39.0 Å². The highest BCUT2D eigenvalue weighted by Crippen LogP contribution is 2.16. The zero-order valence-corrected chi connectivity index (χ0v) is 13.1. The van der Waals surface area contributed by atoms with Crippen molar-refractivity contribution in [2.75, 3.05) is 20.3 Å². The van der Waals surface area contributed by atoms with Crippen LogP contribution in [-0.2, 0) is 9.53 Å². The molecule has 1 aromatic carbocycles. The highest BCUT2D eigenvalue weighted by molar-refractivity contribution is 5.95. The maximum atomic E-state index is 12.5. The van der Waals surface area contributed by atoms with Crippen LogP contribution in [0.25, 0.3) is 0 Å². The third-order valence-electron chi connectivity index (χ3n) is 3.06. The monoisotopic (exact) mass is 293 g/mol. The first-order valence-electron chi connectivity index (χ1n) is 7.10. The Bertz CT molecular complexity index is 485. The number of esters is 1. The fraction of sp³-hybridized carbons (Fsp3) is 0.500. The Hall–Kier alpha value is -2.04. The fourth-order valence-electron chi connectivity index (χ4n) is 1.96. The maximum absolute atomic E-state index is 12.5. The van der Waals surface area contributed by atoms with Gasteiger partial charge in [-0.15, -0.1) is 0 Å². The van der Waals surface area contributed by atoms with Crippen molar-refractivity contribution >= 4 is 11.9 Å². The molecule has 0 saturated heterocycles. The van der Waals surface area contributed by atoms with Gasteiger partial charge >= 0.3 is 5.97 Å². The Balaban J connectivity index is 2.79. The third kappa shape index (κ3) is 5.10. The summed E-state index contributed by atoms with van der Waals surface area (Å²) < 4.78 is 10.0. The first-order chi connectivity index (χ1) is 9.99. The summed E-state index contributed by atoms with van der Waals surface area (Å²) in [4.78, 5) is 25.7. The number of nitrogens with zero attached hydrogens (tertiary/aromatic N) is 1. The molecule has 1 amide bonds. The summed E-state index contributed by atoms with van der Waals surface area (Å²) in [6.07, 6.45) is 0.196. The quantitative estimate of drug-likeness (QED) is 0.725. The molecule has 0 aliphatic heterocycles. The van der Waals surface area contributed by atoms with E-state index in [1.807, 2.05) is 13.8 Å². The van der Waals surface area contributed by atoms with E-state index in [1.165, 1.54) is 0 Å². The topological polar surface area (TPSA) is 55.8 Å². The van der Waals surface area contributed by atoms with Gasteiger partial charge in [-0.2, -0.15) is 0 Å². The van der Waals surface area contributed by atoms with Gasteiger partial charge in [-0.3, -0.25) is 9.59 Å². The SMILES string of the molecule is CCOC(=O)CCN(C(=O)c1cccc(OC)c1)C(C)C. The zero-order valence-electron chi connectivity index (χ0n) is 13.1. The number of ether oxygens (including phenoxy) is 2. The molecule has 0 aliphatic rings. The van der Waals surface area contributed by atoms with Crippen LogP contribution in [0.2, 0.25) is 0 Å². The summed E-state index contributed by atoms with van der Waals surface area (Å²) in [6.45, 7) is 6.29. The molecule has 0 radical (unpaired) electrons. The van der Waals surface area contributed by atoms with Gasteiger partial charge in [0.05, 0.1) is 20.1 Å². The minimum Gasteiger partial charge on any atom is -0.497 e. The summed E-state index contributed by atoms with van der Waals surface area (Å²) in [7, 11) is 1.56. The molecule has 0 bridgehead atoms. The second-order valence-electron chi connectivity index (χ2n) is 4.88. The van der Waals surface area contributed by atoms with Crippen molar-refractivity contribution in [2.45, 2.75) is 33.2 Å². The van der Waals surface area contributed by atoms with E-state index in [0.717, 1.165) is 0 Å². The summed E-state index contributed by atoms with van der Waals surface area (Å²) in [5.74, 6) is 0.227. The van der Waals surface area contributed by atoms with Gasteiger partial charge < -0.3 is 14.4 Å². The van der Waals surface area contributed by atoms with E-state index < -0.39 is 0 Å². The molecule has 5 heteroatoms. The molecule has 0 heterocycles. The van der Waals surface area contributed by atoms with Crippen molar-refractivity contribution < 1.29 is 19.1 Å². The van der Waals surface area contributed by atoms with Crippen LogP contribution in [0.5, 0.6) is 5.75 Å². The molecule has 21 heavy (non-hydrogen) atoms. The van der Waals surface area contributed by atoms with Crippen molar-refractivity contribution in [3.05, 3.63) is 29.8 Å². The van der Waals surface area contributed by atoms with Gasteiger partial charge in [0.1, 0.15) is 5.75 Å². The number of benzene rings is 1. The third-order valence-corrected chi connectivity index (χ3v) is 3.06. The van der Waals surface area contributed by atoms with Crippen molar-refractivity contribution in [2.24, 2.45) is 0 Å². The Labute approximate surface area is 125 Å². The molecule has 0 spiro atoms. The lowest BCUT2D eigenvalue weighted by Gasteiger charge is -2.26. The fourth-order valence-corrected chi connectivity index (χ4v) is 1.96. The minimum atomic E-state index is -0.290. The van der Waals surface area contributed by atoms with Crippen LogP contribution >= 0.6 is 0 Å². The summed E-state index contributed by atoms with van der Waals surface area (Å²) >= 11 is 0. The average Bonchev–Trinajstić information content (AvgIpc) is 2.47. The van der Waals surface area contributed by atoms with Crippen LogP contribution < -0.4 is 4.74 Å². The van der Waals surface area contributed by atoms with Crippen LogP contribution in [0.4, 0.5) is 0 Å². The van der Waals surface area contributed by atoms with Crippen LogP contribution in [0.1, 0.15) is 37.6 Å². The molecular weight excluding hydrogens is 270 g/mol. The normalized spacial score (nSPS) is 10.3. The minimum absolute atomic E-state index is 0.00173. The summed E-state index contributed by atoms with van der Waals surface area (Å²) in [5, 5.41) is 0. The van der Waals surface area contributed by atoms with Crippen molar-refractivity contribution in [3.8, 4) is 5.75 Å². The van der Waals surface area contributed by atoms with E-state index in [4.69, 9.17) is 9.47 Å². The first kappa shape index (κ1) is 17.0. The molecule has 0 fully saturated rings. The Morgan fingerprint density at radius 1 is 1.29 bits per heavy atom. The Kier molecular flexibility index (Phi) is 6.72. The van der Waals surface area contributed by atoms with Gasteiger partial charge in [-0.1, -0.05) is 6.07 Å². The van der Waals surface area contributed by atoms with Crippen LogP contribution in [-0.4, -0.2) is 43.1 Å². The van der Waals surface area contributed by atoms with Crippen molar-refractivity contribution in [1.82, 2.24) is 4.90 Å². The van der Waals surface area contributed by atoms with E-state index in [1.54, 1.807) is 43.2 Å². The molecule has 116 valence electrons. The maximum Gasteiger partial charge on any atom is 0.307 e. The summed E-state index contributed by atoms with van der Waals surface area (Å²) in [5.41, 5.74) is 0.548. The second kappa shape index (κ2) is 8.29. The molecule has 0 aliphatic carbocycles. The zero-order chi connectivity index (χ0) is 15.8. The molecule has 0 aromatic heterocycles. The van der Waals surface area contributed by atoms with Gasteiger partial charge in [-0.25, -0.2) is 0 Å². The molecule has 1 rings (SSSR count). The molecule has 0 saturated carbocycles. The van der Waals surface area contributed by atoms with E-state index in [2.05, 4.69) is 0 Å². The largest absolute Gasteiger partial charge is 0.497 e. The van der Waals surface area contributed by atoms with Crippen LogP contribution in [0.3, 0.4) is 0 Å². The number of rotatable bonds is 7. The molecular formula is C16H23NO4. The second-order valence-corrected chi connectivity index (χ2v) is 4.88. The molecule has 0 N–H and O–H groups in total. The lowest BCUT2D eigenvalue weighted by molar-refractivity contribution is -0.143. The average molecular weight is 293 g/mol. The van der Waals surface area contributed by atoms with Crippen molar-refractivity contribution in [3.63, 3.8) is 0 Å². The standard InChI is InChI=1S/C16H23NO4/c1-5-21-15(18)9-10-17(12(2)3)16(19)13-7-6-8-14(11-13)20-4/h6-8,11-12H,5,9-10H2,1-4H3. The Morgan fingerprint density at radius 3 is 2.57 bits per heavy atom. The van der Waals surface area contributed by atoms with Gasteiger partial charge in [0, 0.05) is 18.2 Å². The van der Waals surface area contributed by atoms with Gasteiger partial charge in [0.2, 0.25) is 0 Å².